The number of aromatic nitrogens is 2. The molecule has 0 saturated carbocycles. The summed E-state index contributed by atoms with van der Waals surface area (Å²) in [7, 11) is 1.70. The number of amides is 1. The van der Waals surface area contributed by atoms with E-state index in [9.17, 15) is 9.59 Å². The maximum Gasteiger partial charge on any atom is 0.272 e. The summed E-state index contributed by atoms with van der Waals surface area (Å²) in [5.41, 5.74) is 1.24. The van der Waals surface area contributed by atoms with Crippen LogP contribution in [0.5, 0.6) is 11.6 Å². The average Bonchev–Trinajstić information content (AvgIpc) is 3.01. The zero-order chi connectivity index (χ0) is 19.6. The fraction of sp³-hybridized carbons (Fsp3) is 0.105. The van der Waals surface area contributed by atoms with Crippen LogP contribution in [0.4, 0.5) is 5.69 Å². The molecule has 0 atom stereocenters. The number of benzene rings is 1. The summed E-state index contributed by atoms with van der Waals surface area (Å²) in [6, 6.07) is 9.93. The Kier molecular flexibility index (Phi) is 5.48. The van der Waals surface area contributed by atoms with E-state index in [1.165, 1.54) is 19.2 Å². The Morgan fingerprint density at radius 2 is 1.93 bits per heavy atom. The van der Waals surface area contributed by atoms with E-state index in [0.717, 1.165) is 0 Å². The van der Waals surface area contributed by atoms with Gasteiger partial charge in [0.25, 0.3) is 5.91 Å². The highest BCUT2D eigenvalue weighted by Gasteiger charge is 2.16. The third-order valence-corrected chi connectivity index (χ3v) is 4.24. The van der Waals surface area contributed by atoms with Crippen molar-refractivity contribution in [3.63, 3.8) is 0 Å². The van der Waals surface area contributed by atoms with E-state index < -0.39 is 0 Å². The first kappa shape index (κ1) is 18.9. The Bertz CT molecular complexity index is 1030. The van der Waals surface area contributed by atoms with Gasteiger partial charge in [-0.2, -0.15) is 0 Å². The summed E-state index contributed by atoms with van der Waals surface area (Å²) in [4.78, 5) is 28.2. The van der Waals surface area contributed by atoms with E-state index in [-0.39, 0.29) is 22.6 Å². The third kappa shape index (κ3) is 4.30. The molecular weight excluding hydrogens is 389 g/mol. The molecule has 138 valence electrons. The lowest BCUT2D eigenvalue weighted by molar-refractivity contribution is 0.101. The minimum Gasteiger partial charge on any atom is -0.435 e. The lowest BCUT2D eigenvalue weighted by Crippen LogP contribution is -2.15. The Morgan fingerprint density at radius 3 is 2.59 bits per heavy atom. The van der Waals surface area contributed by atoms with E-state index >= 15 is 0 Å². The maximum atomic E-state index is 12.6. The number of para-hydroxylation sites is 2. The molecule has 0 aliphatic rings. The van der Waals surface area contributed by atoms with Crippen molar-refractivity contribution >= 4 is 40.6 Å². The molecular formula is C19H15Cl2N3O3. The van der Waals surface area contributed by atoms with Crippen LogP contribution in [0.15, 0.2) is 48.8 Å². The molecule has 0 unspecified atom stereocenters. The number of hydrogen-bond acceptors (Lipinski definition) is 4. The number of Topliss-reactive ketones (excluding diaryl/α,β-unsaturated/α-hetero) is 1. The Morgan fingerprint density at radius 1 is 1.19 bits per heavy atom. The fourth-order valence-corrected chi connectivity index (χ4v) is 2.83. The Labute approximate surface area is 165 Å². The number of carbonyl (C=O) groups is 2. The van der Waals surface area contributed by atoms with Crippen molar-refractivity contribution < 1.29 is 14.3 Å². The summed E-state index contributed by atoms with van der Waals surface area (Å²) in [6.45, 7) is 1.45. The van der Waals surface area contributed by atoms with Crippen LogP contribution in [0.2, 0.25) is 10.0 Å². The molecule has 2 aromatic heterocycles. The van der Waals surface area contributed by atoms with E-state index in [1.807, 2.05) is 0 Å². The third-order valence-electron chi connectivity index (χ3n) is 3.76. The quantitative estimate of drug-likeness (QED) is 0.609. The van der Waals surface area contributed by atoms with Gasteiger partial charge >= 0.3 is 0 Å². The summed E-state index contributed by atoms with van der Waals surface area (Å²) in [5, 5.41) is 3.41. The number of anilines is 1. The second kappa shape index (κ2) is 7.82. The number of carbonyl (C=O) groups excluding carboxylic acids is 2. The molecule has 1 amide bonds. The van der Waals surface area contributed by atoms with Gasteiger partial charge < -0.3 is 14.6 Å². The molecule has 3 aromatic rings. The number of rotatable bonds is 5. The minimum absolute atomic E-state index is 0.114. The fourth-order valence-electron chi connectivity index (χ4n) is 2.41. The number of nitrogens with zero attached hydrogens (tertiary/aromatic N) is 2. The number of ketones is 1. The zero-order valence-electron chi connectivity index (χ0n) is 14.5. The summed E-state index contributed by atoms with van der Waals surface area (Å²) >= 11 is 11.9. The van der Waals surface area contributed by atoms with Gasteiger partial charge in [-0.1, -0.05) is 35.3 Å². The monoisotopic (exact) mass is 403 g/mol. The van der Waals surface area contributed by atoms with E-state index in [2.05, 4.69) is 10.3 Å². The molecule has 8 heteroatoms. The van der Waals surface area contributed by atoms with Crippen LogP contribution in [0, 0.1) is 0 Å². The summed E-state index contributed by atoms with van der Waals surface area (Å²) < 4.78 is 7.32. The van der Waals surface area contributed by atoms with Crippen molar-refractivity contribution in [2.24, 2.45) is 7.05 Å². The Hall–Kier alpha value is -2.83. The number of halogens is 2. The number of hydrogen-bond donors (Lipinski definition) is 1. The van der Waals surface area contributed by atoms with Crippen molar-refractivity contribution in [3.05, 3.63) is 70.1 Å². The van der Waals surface area contributed by atoms with Crippen LogP contribution in [-0.2, 0) is 7.05 Å². The lowest BCUT2D eigenvalue weighted by Gasteiger charge is -2.12. The molecule has 0 aliphatic carbocycles. The molecule has 0 fully saturated rings. The molecule has 0 saturated heterocycles. The van der Waals surface area contributed by atoms with Gasteiger partial charge in [-0.05, 0) is 31.2 Å². The standard InChI is InChI=1S/C19H15Cl2N3O3/c1-11(25)12-7-16(24(2)10-12)18(26)23-15-5-3-4-6-17(15)27-19-14(21)8-13(20)9-22-19/h3-10H,1-2H3,(H,23,26). The molecule has 0 aliphatic heterocycles. The van der Waals surface area contributed by atoms with E-state index in [0.29, 0.717) is 27.7 Å². The first-order chi connectivity index (χ1) is 12.8. The van der Waals surface area contributed by atoms with Gasteiger partial charge in [-0.3, -0.25) is 9.59 Å². The number of ether oxygens (including phenoxy) is 1. The van der Waals surface area contributed by atoms with Gasteiger partial charge in [-0.25, -0.2) is 4.98 Å². The van der Waals surface area contributed by atoms with E-state index in [4.69, 9.17) is 27.9 Å². The first-order valence-corrected chi connectivity index (χ1v) is 8.67. The van der Waals surface area contributed by atoms with Gasteiger partial charge in [0.15, 0.2) is 11.5 Å². The van der Waals surface area contributed by atoms with Crippen LogP contribution in [0.1, 0.15) is 27.8 Å². The van der Waals surface area contributed by atoms with Crippen molar-refractivity contribution in [2.75, 3.05) is 5.32 Å². The van der Waals surface area contributed by atoms with Crippen LogP contribution < -0.4 is 10.1 Å². The molecule has 3 rings (SSSR count). The smallest absolute Gasteiger partial charge is 0.272 e. The van der Waals surface area contributed by atoms with Crippen LogP contribution >= 0.6 is 23.2 Å². The number of nitrogens with one attached hydrogen (secondary N) is 1. The molecule has 1 N–H and O–H groups in total. The molecule has 2 heterocycles. The molecule has 27 heavy (non-hydrogen) atoms. The van der Waals surface area contributed by atoms with Gasteiger partial charge in [0.2, 0.25) is 5.88 Å². The van der Waals surface area contributed by atoms with Crippen LogP contribution in [-0.4, -0.2) is 21.2 Å². The van der Waals surface area contributed by atoms with Crippen molar-refractivity contribution in [1.29, 1.82) is 0 Å². The lowest BCUT2D eigenvalue weighted by atomic mass is 10.2. The highest BCUT2D eigenvalue weighted by molar-refractivity contribution is 6.35. The zero-order valence-corrected chi connectivity index (χ0v) is 16.0. The van der Waals surface area contributed by atoms with Gasteiger partial charge in [-0.15, -0.1) is 0 Å². The first-order valence-electron chi connectivity index (χ1n) is 7.91. The second-order valence-corrected chi connectivity index (χ2v) is 6.62. The van der Waals surface area contributed by atoms with Gasteiger partial charge in [0.1, 0.15) is 10.7 Å². The molecule has 0 radical (unpaired) electrons. The number of aryl methyl sites for hydroxylation is 1. The van der Waals surface area contributed by atoms with Crippen LogP contribution in [0.3, 0.4) is 0 Å². The second-order valence-electron chi connectivity index (χ2n) is 5.77. The average molecular weight is 404 g/mol. The topological polar surface area (TPSA) is 73.2 Å². The highest BCUT2D eigenvalue weighted by Crippen LogP contribution is 2.33. The largest absolute Gasteiger partial charge is 0.435 e. The van der Waals surface area contributed by atoms with Crippen molar-refractivity contribution in [3.8, 4) is 11.6 Å². The van der Waals surface area contributed by atoms with E-state index in [1.54, 1.807) is 48.1 Å². The van der Waals surface area contributed by atoms with Gasteiger partial charge in [0.05, 0.1) is 10.7 Å². The molecule has 6 nitrogen and oxygen atoms in total. The maximum absolute atomic E-state index is 12.6. The molecule has 0 spiro atoms. The van der Waals surface area contributed by atoms with Crippen molar-refractivity contribution in [1.82, 2.24) is 9.55 Å². The predicted octanol–water partition coefficient (Wildman–Crippen LogP) is 4.97. The highest BCUT2D eigenvalue weighted by atomic mass is 35.5. The summed E-state index contributed by atoms with van der Waals surface area (Å²) in [6.07, 6.45) is 3.02. The molecule has 1 aromatic carbocycles. The Balaban J connectivity index is 1.86. The van der Waals surface area contributed by atoms with Gasteiger partial charge in [0, 0.05) is 25.0 Å². The minimum atomic E-state index is -0.379. The van der Waals surface area contributed by atoms with Crippen LogP contribution in [0.25, 0.3) is 0 Å². The number of pyridine rings is 1. The molecule has 0 bridgehead atoms. The predicted molar refractivity (Wildman–Crippen MR) is 104 cm³/mol. The summed E-state index contributed by atoms with van der Waals surface area (Å²) in [5.74, 6) is 0.0390. The SMILES string of the molecule is CC(=O)c1cc(C(=O)Nc2ccccc2Oc2ncc(Cl)cc2Cl)n(C)c1. The normalized spacial score (nSPS) is 10.5. The van der Waals surface area contributed by atoms with Crippen molar-refractivity contribution in [2.45, 2.75) is 6.92 Å².